The minimum Gasteiger partial charge on any atom is -0.355 e. The third-order valence-electron chi connectivity index (χ3n) is 4.10. The molecule has 2 rings (SSSR count). The molecule has 0 aromatic carbocycles. The lowest BCUT2D eigenvalue weighted by Gasteiger charge is -2.43. The van der Waals surface area contributed by atoms with Gasteiger partial charge >= 0.3 is 0 Å². The highest BCUT2D eigenvalue weighted by Gasteiger charge is 2.34. The summed E-state index contributed by atoms with van der Waals surface area (Å²) in [6.45, 7) is 7.79. The van der Waals surface area contributed by atoms with Crippen molar-refractivity contribution < 1.29 is 4.79 Å². The fourth-order valence-electron chi connectivity index (χ4n) is 3.02. The Labute approximate surface area is 110 Å². The summed E-state index contributed by atoms with van der Waals surface area (Å²) in [4.78, 5) is 16.9. The maximum atomic E-state index is 12.1. The van der Waals surface area contributed by atoms with E-state index in [9.17, 15) is 4.79 Å². The van der Waals surface area contributed by atoms with Crippen LogP contribution < -0.4 is 10.6 Å². The molecule has 104 valence electrons. The largest absolute Gasteiger partial charge is 0.355 e. The van der Waals surface area contributed by atoms with Crippen molar-refractivity contribution in [2.75, 3.05) is 46.3 Å². The van der Waals surface area contributed by atoms with E-state index in [4.69, 9.17) is 0 Å². The average Bonchev–Trinajstić information content (AvgIpc) is 2.40. The molecule has 1 unspecified atom stereocenters. The maximum Gasteiger partial charge on any atom is 0.238 e. The van der Waals surface area contributed by atoms with Gasteiger partial charge in [-0.3, -0.25) is 9.69 Å². The zero-order valence-electron chi connectivity index (χ0n) is 11.6. The van der Waals surface area contributed by atoms with Crippen molar-refractivity contribution in [1.82, 2.24) is 20.4 Å². The summed E-state index contributed by atoms with van der Waals surface area (Å²) in [5.41, 5.74) is 0. The molecule has 2 aliphatic rings. The van der Waals surface area contributed by atoms with Crippen molar-refractivity contribution in [3.63, 3.8) is 0 Å². The van der Waals surface area contributed by atoms with Crippen LogP contribution in [0.25, 0.3) is 0 Å². The van der Waals surface area contributed by atoms with E-state index in [2.05, 4.69) is 27.5 Å². The second-order valence-electron chi connectivity index (χ2n) is 5.39. The lowest BCUT2D eigenvalue weighted by atomic mass is 10.00. The Morgan fingerprint density at radius 1 is 1.33 bits per heavy atom. The minimum absolute atomic E-state index is 0.0205. The van der Waals surface area contributed by atoms with Crippen LogP contribution in [-0.4, -0.2) is 74.1 Å². The molecule has 2 N–H and O–H groups in total. The molecule has 2 heterocycles. The highest BCUT2D eigenvalue weighted by atomic mass is 16.2. The first-order chi connectivity index (χ1) is 8.72. The number of piperazine rings is 1. The number of hydrogen-bond acceptors (Lipinski definition) is 4. The molecule has 0 bridgehead atoms. The van der Waals surface area contributed by atoms with E-state index in [-0.39, 0.29) is 11.9 Å². The number of carbonyl (C=O) groups is 1. The maximum absolute atomic E-state index is 12.1. The van der Waals surface area contributed by atoms with E-state index in [0.29, 0.717) is 6.04 Å². The summed E-state index contributed by atoms with van der Waals surface area (Å²) in [5.74, 6) is 0.184. The topological polar surface area (TPSA) is 47.6 Å². The average molecular weight is 254 g/mol. The van der Waals surface area contributed by atoms with Crippen LogP contribution in [0.3, 0.4) is 0 Å². The van der Waals surface area contributed by atoms with Crippen LogP contribution in [0, 0.1) is 0 Å². The number of nitrogens with zero attached hydrogens (tertiary/aromatic N) is 2. The van der Waals surface area contributed by atoms with Gasteiger partial charge in [0.25, 0.3) is 0 Å². The summed E-state index contributed by atoms with van der Waals surface area (Å²) in [5, 5.41) is 6.30. The summed E-state index contributed by atoms with van der Waals surface area (Å²) >= 11 is 0. The number of piperidine rings is 1. The van der Waals surface area contributed by atoms with Crippen LogP contribution >= 0.6 is 0 Å². The molecule has 2 aliphatic heterocycles. The van der Waals surface area contributed by atoms with Gasteiger partial charge in [-0.05, 0) is 39.9 Å². The number of nitrogens with one attached hydrogen (secondary N) is 2. The smallest absolute Gasteiger partial charge is 0.238 e. The lowest BCUT2D eigenvalue weighted by molar-refractivity contribution is -0.128. The summed E-state index contributed by atoms with van der Waals surface area (Å²) in [6.07, 6.45) is 2.37. The molecule has 0 aromatic rings. The number of hydrogen-bond donors (Lipinski definition) is 2. The van der Waals surface area contributed by atoms with E-state index in [1.54, 1.807) is 0 Å². The molecular weight excluding hydrogens is 228 g/mol. The first-order valence-electron chi connectivity index (χ1n) is 7.15. The fourth-order valence-corrected chi connectivity index (χ4v) is 3.02. The molecule has 5 heteroatoms. The molecule has 0 saturated carbocycles. The second kappa shape index (κ2) is 6.50. The van der Waals surface area contributed by atoms with Gasteiger partial charge in [-0.2, -0.15) is 0 Å². The van der Waals surface area contributed by atoms with Crippen LogP contribution in [0.2, 0.25) is 0 Å². The van der Waals surface area contributed by atoms with E-state index in [1.165, 1.54) is 12.8 Å². The first kappa shape index (κ1) is 13.8. The van der Waals surface area contributed by atoms with Gasteiger partial charge < -0.3 is 15.5 Å². The van der Waals surface area contributed by atoms with Gasteiger partial charge in [0.1, 0.15) is 6.04 Å². The standard InChI is InChI=1S/C13H26N4O/c1-3-15-13(18)12-10-14-6-9-17(12)11-4-7-16(2)8-5-11/h11-12,14H,3-10H2,1-2H3,(H,15,18). The molecule has 2 saturated heterocycles. The van der Waals surface area contributed by atoms with Crippen molar-refractivity contribution in [2.45, 2.75) is 31.8 Å². The monoisotopic (exact) mass is 254 g/mol. The molecule has 5 nitrogen and oxygen atoms in total. The summed E-state index contributed by atoms with van der Waals surface area (Å²) < 4.78 is 0. The summed E-state index contributed by atoms with van der Waals surface area (Å²) in [7, 11) is 2.18. The molecule has 0 aliphatic carbocycles. The Morgan fingerprint density at radius 3 is 2.72 bits per heavy atom. The first-order valence-corrected chi connectivity index (χ1v) is 7.15. The molecule has 1 atom stereocenters. The Hall–Kier alpha value is -0.650. The van der Waals surface area contributed by atoms with Crippen molar-refractivity contribution in [2.24, 2.45) is 0 Å². The number of likely N-dealkylation sites (N-methyl/N-ethyl adjacent to an activating group) is 1. The Morgan fingerprint density at radius 2 is 2.06 bits per heavy atom. The Balaban J connectivity index is 1.96. The van der Waals surface area contributed by atoms with E-state index in [1.807, 2.05) is 6.92 Å². The third-order valence-corrected chi connectivity index (χ3v) is 4.10. The van der Waals surface area contributed by atoms with Gasteiger partial charge in [0.15, 0.2) is 0 Å². The molecule has 0 spiro atoms. The fraction of sp³-hybridized carbons (Fsp3) is 0.923. The summed E-state index contributed by atoms with van der Waals surface area (Å²) in [6, 6.07) is 0.600. The van der Waals surface area contributed by atoms with Crippen LogP contribution in [-0.2, 0) is 4.79 Å². The van der Waals surface area contributed by atoms with Crippen LogP contribution in [0.5, 0.6) is 0 Å². The Kier molecular flexibility index (Phi) is 4.97. The number of rotatable bonds is 3. The zero-order chi connectivity index (χ0) is 13.0. The van der Waals surface area contributed by atoms with Crippen LogP contribution in [0.4, 0.5) is 0 Å². The van der Waals surface area contributed by atoms with Crippen molar-refractivity contribution in [3.05, 3.63) is 0 Å². The second-order valence-corrected chi connectivity index (χ2v) is 5.39. The number of amides is 1. The van der Waals surface area contributed by atoms with E-state index >= 15 is 0 Å². The van der Waals surface area contributed by atoms with Crippen molar-refractivity contribution in [3.8, 4) is 0 Å². The molecule has 0 radical (unpaired) electrons. The molecule has 0 aromatic heterocycles. The highest BCUT2D eigenvalue weighted by molar-refractivity contribution is 5.82. The van der Waals surface area contributed by atoms with Crippen molar-refractivity contribution in [1.29, 1.82) is 0 Å². The lowest BCUT2D eigenvalue weighted by Crippen LogP contribution is -2.61. The van der Waals surface area contributed by atoms with E-state index in [0.717, 1.165) is 39.3 Å². The van der Waals surface area contributed by atoms with Gasteiger partial charge in [-0.15, -0.1) is 0 Å². The van der Waals surface area contributed by atoms with Crippen LogP contribution in [0.1, 0.15) is 19.8 Å². The predicted octanol–water partition coefficient (Wildman–Crippen LogP) is -0.509. The quantitative estimate of drug-likeness (QED) is 0.712. The molecule has 18 heavy (non-hydrogen) atoms. The minimum atomic E-state index is 0.0205. The number of likely N-dealkylation sites (tertiary alicyclic amines) is 1. The normalized spacial score (nSPS) is 28.2. The SMILES string of the molecule is CCNC(=O)C1CNCCN1C1CCN(C)CC1. The van der Waals surface area contributed by atoms with Gasteiger partial charge in [0.2, 0.25) is 5.91 Å². The number of carbonyl (C=O) groups excluding carboxylic acids is 1. The van der Waals surface area contributed by atoms with Gasteiger partial charge in [0, 0.05) is 32.2 Å². The van der Waals surface area contributed by atoms with Gasteiger partial charge in [0.05, 0.1) is 0 Å². The molecule has 2 fully saturated rings. The van der Waals surface area contributed by atoms with Gasteiger partial charge in [-0.25, -0.2) is 0 Å². The molecular formula is C13H26N4O. The molecule has 1 amide bonds. The zero-order valence-corrected chi connectivity index (χ0v) is 11.6. The highest BCUT2D eigenvalue weighted by Crippen LogP contribution is 2.19. The Bertz CT molecular complexity index is 276. The van der Waals surface area contributed by atoms with Gasteiger partial charge in [-0.1, -0.05) is 0 Å². The van der Waals surface area contributed by atoms with E-state index < -0.39 is 0 Å². The van der Waals surface area contributed by atoms with Crippen LogP contribution in [0.15, 0.2) is 0 Å². The third kappa shape index (κ3) is 3.22. The van der Waals surface area contributed by atoms with Crippen molar-refractivity contribution >= 4 is 5.91 Å². The predicted molar refractivity (Wildman–Crippen MR) is 72.6 cm³/mol.